The van der Waals surface area contributed by atoms with Crippen LogP contribution < -0.4 is 4.72 Å². The monoisotopic (exact) mass is 270 g/mol. The van der Waals surface area contributed by atoms with Crippen molar-refractivity contribution in [2.75, 3.05) is 7.05 Å². The molecule has 7 heteroatoms. The van der Waals surface area contributed by atoms with Crippen LogP contribution in [0.15, 0.2) is 30.3 Å². The molecule has 1 unspecified atom stereocenters. The van der Waals surface area contributed by atoms with Crippen LogP contribution in [-0.4, -0.2) is 27.6 Å². The summed E-state index contributed by atoms with van der Waals surface area (Å²) in [5, 5.41) is 0. The first-order valence-corrected chi connectivity index (χ1v) is 6.25. The molecule has 0 saturated heterocycles. The van der Waals surface area contributed by atoms with Crippen molar-refractivity contribution in [3.05, 3.63) is 35.9 Å². The molecule has 18 heavy (non-hydrogen) atoms. The maximum absolute atomic E-state index is 11.4. The fourth-order valence-electron chi connectivity index (χ4n) is 1.01. The van der Waals surface area contributed by atoms with E-state index in [1.54, 1.807) is 12.1 Å². The molecular formula is C11H14N2O4S. The summed E-state index contributed by atoms with van der Waals surface area (Å²) < 4.78 is 19.2. The summed E-state index contributed by atoms with van der Waals surface area (Å²) in [4.78, 5) is 22.2. The molecule has 1 atom stereocenters. The van der Waals surface area contributed by atoms with Crippen molar-refractivity contribution in [1.82, 2.24) is 9.03 Å². The van der Waals surface area contributed by atoms with E-state index in [2.05, 4.69) is 0 Å². The van der Waals surface area contributed by atoms with Crippen LogP contribution in [0, 0.1) is 0 Å². The van der Waals surface area contributed by atoms with Gasteiger partial charge in [0.1, 0.15) is 6.61 Å². The second-order valence-electron chi connectivity index (χ2n) is 3.43. The molecule has 1 aromatic carbocycles. The summed E-state index contributed by atoms with van der Waals surface area (Å²) >= 11 is -1.92. The molecule has 0 aliphatic heterocycles. The lowest BCUT2D eigenvalue weighted by Crippen LogP contribution is -2.38. The minimum Gasteiger partial charge on any atom is -0.444 e. The average Bonchev–Trinajstić information content (AvgIpc) is 2.36. The van der Waals surface area contributed by atoms with Gasteiger partial charge in [-0.25, -0.2) is 18.0 Å². The zero-order valence-electron chi connectivity index (χ0n) is 10.1. The van der Waals surface area contributed by atoms with Crippen molar-refractivity contribution >= 4 is 23.2 Å². The van der Waals surface area contributed by atoms with Gasteiger partial charge in [-0.2, -0.15) is 0 Å². The smallest absolute Gasteiger partial charge is 0.420 e. The molecule has 1 rings (SSSR count). The highest BCUT2D eigenvalue weighted by Crippen LogP contribution is 2.00. The normalized spacial score (nSPS) is 11.4. The maximum Gasteiger partial charge on any atom is 0.420 e. The SMILES string of the molecule is CC(=O)N(C)S(=O)NC(=O)OCc1ccccc1. The second kappa shape index (κ2) is 6.75. The Morgan fingerprint density at radius 1 is 1.33 bits per heavy atom. The van der Waals surface area contributed by atoms with Gasteiger partial charge in [-0.15, -0.1) is 0 Å². The Balaban J connectivity index is 2.39. The molecule has 0 aliphatic rings. The highest BCUT2D eigenvalue weighted by Gasteiger charge is 2.14. The number of hydrogen-bond donors (Lipinski definition) is 1. The predicted octanol–water partition coefficient (Wildman–Crippen LogP) is 0.970. The molecule has 0 fully saturated rings. The van der Waals surface area contributed by atoms with Crippen LogP contribution in [0.4, 0.5) is 4.79 Å². The summed E-state index contributed by atoms with van der Waals surface area (Å²) in [5.74, 6) is -0.420. The van der Waals surface area contributed by atoms with Gasteiger partial charge in [-0.3, -0.25) is 4.79 Å². The fraction of sp³-hybridized carbons (Fsp3) is 0.273. The Morgan fingerprint density at radius 2 is 1.94 bits per heavy atom. The van der Waals surface area contributed by atoms with Crippen LogP contribution in [0.3, 0.4) is 0 Å². The molecule has 1 aromatic rings. The molecule has 0 aliphatic carbocycles. The minimum atomic E-state index is -1.92. The van der Waals surface area contributed by atoms with Crippen molar-refractivity contribution in [2.24, 2.45) is 0 Å². The van der Waals surface area contributed by atoms with E-state index >= 15 is 0 Å². The van der Waals surface area contributed by atoms with Crippen molar-refractivity contribution in [2.45, 2.75) is 13.5 Å². The Hall–Kier alpha value is -1.89. The number of nitrogens with one attached hydrogen (secondary N) is 1. The number of rotatable bonds is 4. The quantitative estimate of drug-likeness (QED) is 0.884. The van der Waals surface area contributed by atoms with Gasteiger partial charge in [0.25, 0.3) is 0 Å². The van der Waals surface area contributed by atoms with E-state index in [4.69, 9.17) is 4.74 Å². The van der Waals surface area contributed by atoms with E-state index in [0.29, 0.717) is 0 Å². The second-order valence-corrected chi connectivity index (χ2v) is 4.68. The van der Waals surface area contributed by atoms with Gasteiger partial charge in [0.2, 0.25) is 17.1 Å². The van der Waals surface area contributed by atoms with Crippen LogP contribution in [0.5, 0.6) is 0 Å². The number of benzene rings is 1. The third kappa shape index (κ3) is 4.54. The average molecular weight is 270 g/mol. The third-order valence-electron chi connectivity index (χ3n) is 2.08. The van der Waals surface area contributed by atoms with Gasteiger partial charge in [0.05, 0.1) is 0 Å². The zero-order chi connectivity index (χ0) is 13.5. The summed E-state index contributed by atoms with van der Waals surface area (Å²) in [6.07, 6.45) is -0.842. The fourth-order valence-corrected chi connectivity index (χ4v) is 1.58. The highest BCUT2D eigenvalue weighted by atomic mass is 32.2. The topological polar surface area (TPSA) is 75.7 Å². The number of amides is 2. The van der Waals surface area contributed by atoms with Gasteiger partial charge in [0.15, 0.2) is 0 Å². The molecule has 0 aromatic heterocycles. The van der Waals surface area contributed by atoms with Gasteiger partial charge < -0.3 is 4.74 Å². The third-order valence-corrected chi connectivity index (χ3v) is 3.17. The Kier molecular flexibility index (Phi) is 5.31. The maximum atomic E-state index is 11.4. The van der Waals surface area contributed by atoms with Crippen molar-refractivity contribution in [3.8, 4) is 0 Å². The van der Waals surface area contributed by atoms with E-state index in [1.807, 2.05) is 22.9 Å². The van der Waals surface area contributed by atoms with Gasteiger partial charge in [0, 0.05) is 14.0 Å². The van der Waals surface area contributed by atoms with Crippen LogP contribution in [0.1, 0.15) is 12.5 Å². The van der Waals surface area contributed by atoms with Gasteiger partial charge in [-0.05, 0) is 5.56 Å². The van der Waals surface area contributed by atoms with E-state index in [0.717, 1.165) is 9.87 Å². The van der Waals surface area contributed by atoms with E-state index in [-0.39, 0.29) is 6.61 Å². The number of nitrogens with zero attached hydrogens (tertiary/aromatic N) is 1. The predicted molar refractivity (Wildman–Crippen MR) is 66.3 cm³/mol. The summed E-state index contributed by atoms with van der Waals surface area (Å²) in [6.45, 7) is 1.32. The summed E-state index contributed by atoms with van der Waals surface area (Å²) in [6, 6.07) is 9.08. The Bertz CT molecular complexity index is 450. The Labute approximate surface area is 108 Å². The number of carbonyl (C=O) groups excluding carboxylic acids is 2. The van der Waals surface area contributed by atoms with E-state index in [1.165, 1.54) is 14.0 Å². The van der Waals surface area contributed by atoms with Gasteiger partial charge in [-0.1, -0.05) is 30.3 Å². The largest absolute Gasteiger partial charge is 0.444 e. The zero-order valence-corrected chi connectivity index (χ0v) is 10.9. The van der Waals surface area contributed by atoms with Crippen molar-refractivity contribution in [1.29, 1.82) is 0 Å². The Morgan fingerprint density at radius 3 is 2.50 bits per heavy atom. The first-order valence-electron chi connectivity index (χ1n) is 5.14. The van der Waals surface area contributed by atoms with Crippen molar-refractivity contribution < 1.29 is 18.5 Å². The van der Waals surface area contributed by atoms with Gasteiger partial charge >= 0.3 is 6.09 Å². The lowest BCUT2D eigenvalue weighted by Gasteiger charge is -2.13. The number of hydrogen-bond acceptors (Lipinski definition) is 4. The summed E-state index contributed by atoms with van der Waals surface area (Å²) in [7, 11) is 1.32. The lowest BCUT2D eigenvalue weighted by molar-refractivity contribution is -0.123. The van der Waals surface area contributed by atoms with Crippen LogP contribution in [0.2, 0.25) is 0 Å². The van der Waals surface area contributed by atoms with Crippen molar-refractivity contribution in [3.63, 3.8) is 0 Å². The first-order chi connectivity index (χ1) is 8.50. The molecule has 1 N–H and O–H groups in total. The van der Waals surface area contributed by atoms with E-state index in [9.17, 15) is 13.8 Å². The molecule has 0 radical (unpaired) electrons. The lowest BCUT2D eigenvalue weighted by atomic mass is 10.2. The van der Waals surface area contributed by atoms with Crippen LogP contribution >= 0.6 is 0 Å². The van der Waals surface area contributed by atoms with Crippen LogP contribution in [-0.2, 0) is 27.3 Å². The molecule has 98 valence electrons. The minimum absolute atomic E-state index is 0.0770. The standard InChI is InChI=1S/C11H14N2O4S/c1-9(14)13(2)18(16)12-11(15)17-8-10-6-4-3-5-7-10/h3-7H,8H2,1-2H3,(H,12,15). The molecule has 0 bridgehead atoms. The van der Waals surface area contributed by atoms with E-state index < -0.39 is 23.2 Å². The first kappa shape index (κ1) is 14.2. The molecule has 6 nitrogen and oxygen atoms in total. The molecule has 0 heterocycles. The summed E-state index contributed by atoms with van der Waals surface area (Å²) in [5.41, 5.74) is 0.818. The molecular weight excluding hydrogens is 256 g/mol. The van der Waals surface area contributed by atoms with Crippen LogP contribution in [0.25, 0.3) is 0 Å². The molecule has 2 amide bonds. The number of carbonyl (C=O) groups is 2. The molecule has 0 saturated carbocycles. The molecule has 0 spiro atoms. The number of ether oxygens (including phenoxy) is 1. The highest BCUT2D eigenvalue weighted by molar-refractivity contribution is 7.81.